The molecule has 0 aromatic heterocycles. The summed E-state index contributed by atoms with van der Waals surface area (Å²) in [7, 11) is -4.03. The zero-order valence-corrected chi connectivity index (χ0v) is 20.6. The number of sulfonamides is 1. The van der Waals surface area contributed by atoms with E-state index in [0.29, 0.717) is 25.7 Å². The molecule has 198 valence electrons. The number of halogens is 5. The molecule has 0 aromatic rings. The van der Waals surface area contributed by atoms with E-state index in [4.69, 9.17) is 9.47 Å². The van der Waals surface area contributed by atoms with Crippen molar-refractivity contribution in [1.29, 1.82) is 0 Å². The fourth-order valence-corrected chi connectivity index (χ4v) is 6.24. The van der Waals surface area contributed by atoms with Crippen molar-refractivity contribution in [2.75, 3.05) is 26.3 Å². The first-order valence-electron chi connectivity index (χ1n) is 11.4. The van der Waals surface area contributed by atoms with Crippen LogP contribution in [-0.4, -0.2) is 67.4 Å². The highest BCUT2D eigenvalue weighted by Gasteiger charge is 2.57. The monoisotopic (exact) mass is 519 g/mol. The predicted octanol–water partition coefficient (Wildman–Crippen LogP) is 4.84. The number of carbonyl (C=O) groups excluding carboxylic acids is 1. The second-order valence-electron chi connectivity index (χ2n) is 9.91. The zero-order chi connectivity index (χ0) is 25.8. The van der Waals surface area contributed by atoms with Crippen LogP contribution in [-0.2, 0) is 24.3 Å². The van der Waals surface area contributed by atoms with Gasteiger partial charge < -0.3 is 9.47 Å². The van der Waals surface area contributed by atoms with Gasteiger partial charge in [-0.05, 0) is 52.4 Å². The van der Waals surface area contributed by atoms with Gasteiger partial charge in [0.05, 0.1) is 0 Å². The van der Waals surface area contributed by atoms with Crippen LogP contribution < -0.4 is 0 Å². The molecular formula is C22H34F5NO5S. The highest BCUT2D eigenvalue weighted by molar-refractivity contribution is 7.91. The summed E-state index contributed by atoms with van der Waals surface area (Å²) in [5.41, 5.74) is -0.845. The Balaban J connectivity index is 1.95. The molecule has 0 spiro atoms. The molecule has 34 heavy (non-hydrogen) atoms. The van der Waals surface area contributed by atoms with Gasteiger partial charge in [0.15, 0.2) is 4.75 Å². The molecule has 0 unspecified atom stereocenters. The summed E-state index contributed by atoms with van der Waals surface area (Å²) in [5, 5.41) is 0. The molecule has 0 radical (unpaired) electrons. The number of piperidine rings is 1. The van der Waals surface area contributed by atoms with Gasteiger partial charge in [-0.1, -0.05) is 12.2 Å². The summed E-state index contributed by atoms with van der Waals surface area (Å²) in [5.74, 6) is -5.42. The Labute approximate surface area is 197 Å². The lowest BCUT2D eigenvalue weighted by atomic mass is 9.93. The summed E-state index contributed by atoms with van der Waals surface area (Å²) in [4.78, 5) is 13.0. The Morgan fingerprint density at radius 2 is 1.62 bits per heavy atom. The van der Waals surface area contributed by atoms with Crippen LogP contribution in [0.25, 0.3) is 0 Å². The SMILES string of the molecule is CC(C)(C)OC(=O)C1(S(=O)(=O)N2CCC(CCC=CCC(F)(F)C(F)(F)F)CC2)CCOCC1. The largest absolute Gasteiger partial charge is 0.459 e. The average molecular weight is 520 g/mol. The van der Waals surface area contributed by atoms with Crippen LogP contribution in [0.4, 0.5) is 22.0 Å². The van der Waals surface area contributed by atoms with Crippen molar-refractivity contribution in [3.63, 3.8) is 0 Å². The van der Waals surface area contributed by atoms with Crippen molar-refractivity contribution in [3.05, 3.63) is 12.2 Å². The molecule has 0 atom stereocenters. The van der Waals surface area contributed by atoms with E-state index in [-0.39, 0.29) is 45.1 Å². The van der Waals surface area contributed by atoms with E-state index in [2.05, 4.69) is 0 Å². The van der Waals surface area contributed by atoms with Crippen LogP contribution >= 0.6 is 0 Å². The van der Waals surface area contributed by atoms with E-state index in [1.807, 2.05) is 0 Å². The molecule has 0 aliphatic carbocycles. The third kappa shape index (κ3) is 6.90. The second kappa shape index (κ2) is 10.8. The lowest BCUT2D eigenvalue weighted by molar-refractivity contribution is -0.280. The number of nitrogens with zero attached hydrogens (tertiary/aromatic N) is 1. The van der Waals surface area contributed by atoms with Crippen LogP contribution in [0.5, 0.6) is 0 Å². The summed E-state index contributed by atoms with van der Waals surface area (Å²) >= 11 is 0. The molecule has 6 nitrogen and oxygen atoms in total. The first-order valence-corrected chi connectivity index (χ1v) is 12.9. The fourth-order valence-electron chi connectivity index (χ4n) is 4.12. The van der Waals surface area contributed by atoms with Crippen molar-refractivity contribution < 1.29 is 44.6 Å². The van der Waals surface area contributed by atoms with Crippen LogP contribution in [0.2, 0.25) is 0 Å². The molecule has 2 aliphatic heterocycles. The van der Waals surface area contributed by atoms with Gasteiger partial charge in [0.2, 0.25) is 10.0 Å². The number of hydrogen-bond acceptors (Lipinski definition) is 5. The normalized spacial score (nSPS) is 21.6. The first kappa shape index (κ1) is 29.0. The van der Waals surface area contributed by atoms with Crippen molar-refractivity contribution in [2.24, 2.45) is 5.92 Å². The van der Waals surface area contributed by atoms with Gasteiger partial charge in [0.25, 0.3) is 0 Å². The Morgan fingerprint density at radius 1 is 1.06 bits per heavy atom. The third-order valence-corrected chi connectivity index (χ3v) is 8.78. The number of carbonyl (C=O) groups is 1. The standard InChI is InChI=1S/C22H34F5NO5S/c1-19(2,3)33-18(29)20(11-15-32-16-12-20)34(30,31)28-13-8-17(9-14-28)7-5-4-6-10-21(23,24)22(25,26)27/h4,6,17H,5,7-16H2,1-3H3. The van der Waals surface area contributed by atoms with Crippen molar-refractivity contribution >= 4 is 16.0 Å². The second-order valence-corrected chi connectivity index (χ2v) is 12.2. The Hall–Kier alpha value is -1.27. The maximum Gasteiger partial charge on any atom is 0.453 e. The Morgan fingerprint density at radius 3 is 2.12 bits per heavy atom. The molecule has 2 rings (SSSR count). The maximum atomic E-state index is 13.6. The van der Waals surface area contributed by atoms with E-state index in [1.54, 1.807) is 20.8 Å². The van der Waals surface area contributed by atoms with Gasteiger partial charge in [-0.25, -0.2) is 12.7 Å². The Kier molecular flexibility index (Phi) is 9.18. The molecule has 0 aromatic carbocycles. The summed E-state index contributed by atoms with van der Waals surface area (Å²) in [6.07, 6.45) is -2.92. The molecule has 2 aliphatic rings. The van der Waals surface area contributed by atoms with Crippen LogP contribution in [0.1, 0.15) is 65.7 Å². The summed E-state index contributed by atoms with van der Waals surface area (Å²) in [6, 6.07) is 0. The van der Waals surface area contributed by atoms with Crippen LogP contribution in [0.3, 0.4) is 0 Å². The number of hydrogen-bond donors (Lipinski definition) is 0. The topological polar surface area (TPSA) is 72.9 Å². The van der Waals surface area contributed by atoms with Crippen molar-refractivity contribution in [2.45, 2.75) is 88.2 Å². The lowest BCUT2D eigenvalue weighted by Gasteiger charge is -2.41. The van der Waals surface area contributed by atoms with E-state index in [1.165, 1.54) is 10.4 Å². The molecule has 0 saturated carbocycles. The zero-order valence-electron chi connectivity index (χ0n) is 19.8. The quantitative estimate of drug-likeness (QED) is 0.261. The van der Waals surface area contributed by atoms with Crippen LogP contribution in [0.15, 0.2) is 12.2 Å². The fraction of sp³-hybridized carbons (Fsp3) is 0.864. The lowest BCUT2D eigenvalue weighted by Crippen LogP contribution is -2.59. The summed E-state index contributed by atoms with van der Waals surface area (Å²) < 4.78 is 99.9. The highest BCUT2D eigenvalue weighted by Crippen LogP contribution is 2.39. The maximum absolute atomic E-state index is 13.6. The third-order valence-electron chi connectivity index (χ3n) is 6.18. The number of ether oxygens (including phenoxy) is 2. The number of rotatable bonds is 8. The first-order chi connectivity index (χ1) is 15.5. The van der Waals surface area contributed by atoms with Crippen molar-refractivity contribution in [1.82, 2.24) is 4.31 Å². The summed E-state index contributed by atoms with van der Waals surface area (Å²) in [6.45, 7) is 5.70. The molecule has 0 bridgehead atoms. The van der Waals surface area contributed by atoms with E-state index < -0.39 is 44.9 Å². The van der Waals surface area contributed by atoms with Crippen molar-refractivity contribution in [3.8, 4) is 0 Å². The predicted molar refractivity (Wildman–Crippen MR) is 116 cm³/mol. The highest BCUT2D eigenvalue weighted by atomic mass is 32.2. The molecule has 0 amide bonds. The molecular weight excluding hydrogens is 485 g/mol. The number of esters is 1. The van der Waals surface area contributed by atoms with Gasteiger partial charge in [-0.3, -0.25) is 4.79 Å². The van der Waals surface area contributed by atoms with E-state index in [0.717, 1.165) is 6.08 Å². The molecule has 12 heteroatoms. The molecule has 2 fully saturated rings. The molecule has 2 saturated heterocycles. The minimum atomic E-state index is -5.57. The van der Waals surface area contributed by atoms with Gasteiger partial charge in [0, 0.05) is 45.6 Å². The van der Waals surface area contributed by atoms with Crippen LogP contribution in [0, 0.1) is 5.92 Å². The van der Waals surface area contributed by atoms with E-state index >= 15 is 0 Å². The van der Waals surface area contributed by atoms with Gasteiger partial charge in [-0.15, -0.1) is 0 Å². The van der Waals surface area contributed by atoms with Gasteiger partial charge in [0.1, 0.15) is 5.60 Å². The number of alkyl halides is 5. The van der Waals surface area contributed by atoms with E-state index in [9.17, 15) is 35.2 Å². The van der Waals surface area contributed by atoms with Gasteiger partial charge >= 0.3 is 18.1 Å². The smallest absolute Gasteiger partial charge is 0.453 e. The average Bonchev–Trinajstić information content (AvgIpc) is 2.72. The van der Waals surface area contributed by atoms with Gasteiger partial charge in [-0.2, -0.15) is 22.0 Å². The molecule has 2 heterocycles. The number of allylic oxidation sites excluding steroid dienone is 2. The molecule has 0 N–H and O–H groups in total. The minimum Gasteiger partial charge on any atom is -0.459 e. The Bertz CT molecular complexity index is 822. The minimum absolute atomic E-state index is 0.0114.